The Hall–Kier alpha value is -1.99. The van der Waals surface area contributed by atoms with Crippen molar-refractivity contribution in [3.63, 3.8) is 0 Å². The smallest absolute Gasteiger partial charge is 0.192 e. The molecule has 0 spiro atoms. The number of terminal acetylenes is 1. The Bertz CT molecular complexity index is 496. The van der Waals surface area contributed by atoms with Gasteiger partial charge in [-0.15, -0.1) is 6.42 Å². The molecule has 1 aromatic carbocycles. The standard InChI is InChI=1S/C18H26N4/c1-3-12-20-18(19-4-2)21-17-10-13-22(14-11-17)15-16-8-6-5-7-9-16/h1,5-9,17H,4,10-15H2,2H3,(H2,19,20,21). The summed E-state index contributed by atoms with van der Waals surface area (Å²) in [4.78, 5) is 6.87. The Morgan fingerprint density at radius 1 is 1.32 bits per heavy atom. The number of piperidine rings is 1. The zero-order chi connectivity index (χ0) is 15.6. The Morgan fingerprint density at radius 2 is 2.05 bits per heavy atom. The number of hydrogen-bond donors (Lipinski definition) is 2. The van der Waals surface area contributed by atoms with Gasteiger partial charge in [0.2, 0.25) is 0 Å². The zero-order valence-electron chi connectivity index (χ0n) is 13.4. The first-order chi connectivity index (χ1) is 10.8. The van der Waals surface area contributed by atoms with Gasteiger partial charge in [-0.25, -0.2) is 4.99 Å². The average Bonchev–Trinajstić information content (AvgIpc) is 2.55. The monoisotopic (exact) mass is 298 g/mol. The van der Waals surface area contributed by atoms with Gasteiger partial charge < -0.3 is 10.6 Å². The molecule has 0 amide bonds. The van der Waals surface area contributed by atoms with Gasteiger partial charge in [0.25, 0.3) is 0 Å². The van der Waals surface area contributed by atoms with Crippen molar-refractivity contribution in [3.8, 4) is 12.3 Å². The highest BCUT2D eigenvalue weighted by atomic mass is 15.2. The molecule has 118 valence electrons. The number of likely N-dealkylation sites (tertiary alicyclic amines) is 1. The van der Waals surface area contributed by atoms with Gasteiger partial charge in [0, 0.05) is 32.2 Å². The SMILES string of the molecule is C#CCN=C(NCC)NC1CCN(Cc2ccccc2)CC1. The van der Waals surface area contributed by atoms with Crippen molar-refractivity contribution < 1.29 is 0 Å². The van der Waals surface area contributed by atoms with Gasteiger partial charge >= 0.3 is 0 Å². The van der Waals surface area contributed by atoms with Gasteiger partial charge in [-0.1, -0.05) is 36.3 Å². The molecule has 0 saturated carbocycles. The highest BCUT2D eigenvalue weighted by Crippen LogP contribution is 2.13. The van der Waals surface area contributed by atoms with Crippen molar-refractivity contribution in [2.24, 2.45) is 4.99 Å². The predicted octanol–water partition coefficient (Wildman–Crippen LogP) is 1.84. The second-order valence-electron chi connectivity index (χ2n) is 5.58. The van der Waals surface area contributed by atoms with E-state index in [0.29, 0.717) is 12.6 Å². The lowest BCUT2D eigenvalue weighted by molar-refractivity contribution is 0.198. The predicted molar refractivity (Wildman–Crippen MR) is 92.7 cm³/mol. The average molecular weight is 298 g/mol. The van der Waals surface area contributed by atoms with Crippen LogP contribution in [0.5, 0.6) is 0 Å². The fourth-order valence-corrected chi connectivity index (χ4v) is 2.72. The molecule has 1 aliphatic rings. The van der Waals surface area contributed by atoms with Crippen LogP contribution in [0.2, 0.25) is 0 Å². The molecule has 0 aliphatic carbocycles. The van der Waals surface area contributed by atoms with Crippen molar-refractivity contribution in [2.45, 2.75) is 32.4 Å². The van der Waals surface area contributed by atoms with Crippen molar-refractivity contribution in [2.75, 3.05) is 26.2 Å². The molecule has 4 nitrogen and oxygen atoms in total. The van der Waals surface area contributed by atoms with E-state index in [-0.39, 0.29) is 0 Å². The van der Waals surface area contributed by atoms with Crippen molar-refractivity contribution in [1.29, 1.82) is 0 Å². The summed E-state index contributed by atoms with van der Waals surface area (Å²) < 4.78 is 0. The number of rotatable bonds is 5. The van der Waals surface area contributed by atoms with Crippen LogP contribution in [-0.2, 0) is 6.54 Å². The van der Waals surface area contributed by atoms with E-state index in [1.807, 2.05) is 0 Å². The summed E-state index contributed by atoms with van der Waals surface area (Å²) >= 11 is 0. The molecule has 0 aromatic heterocycles. The lowest BCUT2D eigenvalue weighted by atomic mass is 10.0. The first kappa shape index (κ1) is 16.4. The molecule has 0 bridgehead atoms. The summed E-state index contributed by atoms with van der Waals surface area (Å²) in [6, 6.07) is 11.1. The van der Waals surface area contributed by atoms with Crippen LogP contribution >= 0.6 is 0 Å². The molecule has 2 N–H and O–H groups in total. The fourth-order valence-electron chi connectivity index (χ4n) is 2.72. The lowest BCUT2D eigenvalue weighted by Crippen LogP contribution is -2.48. The molecule has 22 heavy (non-hydrogen) atoms. The lowest BCUT2D eigenvalue weighted by Gasteiger charge is -2.33. The van der Waals surface area contributed by atoms with Crippen LogP contribution in [0.1, 0.15) is 25.3 Å². The molecule has 0 atom stereocenters. The van der Waals surface area contributed by atoms with E-state index in [4.69, 9.17) is 6.42 Å². The topological polar surface area (TPSA) is 39.7 Å². The number of aliphatic imine (C=N–C) groups is 1. The van der Waals surface area contributed by atoms with Gasteiger partial charge in [0.1, 0.15) is 6.54 Å². The largest absolute Gasteiger partial charge is 0.357 e. The number of benzene rings is 1. The van der Waals surface area contributed by atoms with Crippen LogP contribution in [0.15, 0.2) is 35.3 Å². The summed E-state index contributed by atoms with van der Waals surface area (Å²) in [5.74, 6) is 3.39. The molecule has 1 fully saturated rings. The molecule has 2 rings (SSSR count). The maximum atomic E-state index is 5.28. The van der Waals surface area contributed by atoms with Crippen LogP contribution < -0.4 is 10.6 Å². The fraction of sp³-hybridized carbons (Fsp3) is 0.500. The molecule has 1 saturated heterocycles. The number of hydrogen-bond acceptors (Lipinski definition) is 2. The molecule has 1 aromatic rings. The van der Waals surface area contributed by atoms with Crippen molar-refractivity contribution >= 4 is 5.96 Å². The van der Waals surface area contributed by atoms with E-state index < -0.39 is 0 Å². The third-order valence-electron chi connectivity index (χ3n) is 3.85. The molecule has 0 unspecified atom stereocenters. The summed E-state index contributed by atoms with van der Waals surface area (Å²) in [5, 5.41) is 6.74. The summed E-state index contributed by atoms with van der Waals surface area (Å²) in [6.07, 6.45) is 7.54. The van der Waals surface area contributed by atoms with E-state index in [9.17, 15) is 0 Å². The Morgan fingerprint density at radius 3 is 2.68 bits per heavy atom. The second-order valence-corrected chi connectivity index (χ2v) is 5.58. The number of nitrogens with one attached hydrogen (secondary N) is 2. The van der Waals surface area contributed by atoms with Crippen LogP contribution in [0.3, 0.4) is 0 Å². The maximum Gasteiger partial charge on any atom is 0.192 e. The van der Waals surface area contributed by atoms with Crippen molar-refractivity contribution in [1.82, 2.24) is 15.5 Å². The summed E-state index contributed by atoms with van der Waals surface area (Å²) in [6.45, 7) is 6.60. The van der Waals surface area contributed by atoms with Crippen LogP contribution in [0.4, 0.5) is 0 Å². The minimum Gasteiger partial charge on any atom is -0.357 e. The first-order valence-corrected chi connectivity index (χ1v) is 8.06. The Labute approximate surface area is 134 Å². The molecule has 1 aliphatic heterocycles. The van der Waals surface area contributed by atoms with Crippen LogP contribution in [-0.4, -0.2) is 43.1 Å². The number of guanidine groups is 1. The van der Waals surface area contributed by atoms with Gasteiger partial charge in [0.15, 0.2) is 5.96 Å². The normalized spacial score (nSPS) is 17.0. The van der Waals surface area contributed by atoms with E-state index in [1.54, 1.807) is 0 Å². The van der Waals surface area contributed by atoms with Gasteiger partial charge in [-0.05, 0) is 25.3 Å². The van der Waals surface area contributed by atoms with Crippen LogP contribution in [0, 0.1) is 12.3 Å². The Balaban J connectivity index is 1.78. The maximum absolute atomic E-state index is 5.28. The molecular weight excluding hydrogens is 272 g/mol. The molecule has 4 heteroatoms. The third-order valence-corrected chi connectivity index (χ3v) is 3.85. The minimum absolute atomic E-state index is 0.419. The Kier molecular flexibility index (Phi) is 6.79. The third kappa shape index (κ3) is 5.42. The quantitative estimate of drug-likeness (QED) is 0.495. The second kappa shape index (κ2) is 9.11. The number of nitrogens with zero attached hydrogens (tertiary/aromatic N) is 2. The van der Waals surface area contributed by atoms with E-state index in [2.05, 4.69) is 63.7 Å². The van der Waals surface area contributed by atoms with E-state index >= 15 is 0 Å². The van der Waals surface area contributed by atoms with E-state index in [0.717, 1.165) is 45.0 Å². The van der Waals surface area contributed by atoms with Crippen LogP contribution in [0.25, 0.3) is 0 Å². The minimum atomic E-state index is 0.419. The zero-order valence-corrected chi connectivity index (χ0v) is 13.4. The van der Waals surface area contributed by atoms with Gasteiger partial charge in [-0.2, -0.15) is 0 Å². The molecular formula is C18H26N4. The first-order valence-electron chi connectivity index (χ1n) is 8.06. The molecule has 1 heterocycles. The highest BCUT2D eigenvalue weighted by molar-refractivity contribution is 5.80. The molecule has 0 radical (unpaired) electrons. The van der Waals surface area contributed by atoms with Crippen molar-refractivity contribution in [3.05, 3.63) is 35.9 Å². The summed E-state index contributed by atoms with van der Waals surface area (Å²) in [5.41, 5.74) is 1.39. The van der Waals surface area contributed by atoms with Gasteiger partial charge in [0.05, 0.1) is 0 Å². The highest BCUT2D eigenvalue weighted by Gasteiger charge is 2.19. The van der Waals surface area contributed by atoms with E-state index in [1.165, 1.54) is 5.56 Å². The van der Waals surface area contributed by atoms with Gasteiger partial charge in [-0.3, -0.25) is 4.90 Å². The summed E-state index contributed by atoms with van der Waals surface area (Å²) in [7, 11) is 0.